The van der Waals surface area contributed by atoms with Gasteiger partial charge in [-0.3, -0.25) is 4.98 Å². The first kappa shape index (κ1) is 13.0. The van der Waals surface area contributed by atoms with Gasteiger partial charge in [-0.15, -0.1) is 0 Å². The summed E-state index contributed by atoms with van der Waals surface area (Å²) < 4.78 is 0. The fraction of sp³-hybridized carbons (Fsp3) is 0.0500. The number of aliphatic hydroxyl groups excluding tert-OH is 1. The molecule has 0 amide bonds. The lowest BCUT2D eigenvalue weighted by Crippen LogP contribution is -1.94. The maximum atomic E-state index is 10.5. The highest BCUT2D eigenvalue weighted by molar-refractivity contribution is 5.99. The van der Waals surface area contributed by atoms with Gasteiger partial charge in [-0.1, -0.05) is 60.7 Å². The second-order valence-electron chi connectivity index (χ2n) is 5.38. The smallest absolute Gasteiger partial charge is 0.0981 e. The first-order valence-corrected chi connectivity index (χ1v) is 7.34. The van der Waals surface area contributed by atoms with Crippen LogP contribution in [0.3, 0.4) is 0 Å². The van der Waals surface area contributed by atoms with Crippen molar-refractivity contribution in [3.8, 4) is 11.3 Å². The minimum atomic E-state index is -0.629. The summed E-state index contributed by atoms with van der Waals surface area (Å²) in [4.78, 5) is 4.51. The van der Waals surface area contributed by atoms with Crippen LogP contribution in [0.5, 0.6) is 0 Å². The van der Waals surface area contributed by atoms with Crippen molar-refractivity contribution in [1.82, 2.24) is 4.98 Å². The van der Waals surface area contributed by atoms with E-state index < -0.39 is 6.10 Å². The number of nitrogens with zero attached hydrogens (tertiary/aromatic N) is 1. The van der Waals surface area contributed by atoms with E-state index in [4.69, 9.17) is 0 Å². The predicted molar refractivity (Wildman–Crippen MR) is 88.2 cm³/mol. The van der Waals surface area contributed by atoms with Crippen molar-refractivity contribution >= 4 is 5.57 Å². The van der Waals surface area contributed by atoms with Gasteiger partial charge < -0.3 is 5.11 Å². The normalized spacial score (nSPS) is 15.4. The molecule has 2 heteroatoms. The molecule has 2 aromatic carbocycles. The van der Waals surface area contributed by atoms with E-state index in [1.165, 1.54) is 0 Å². The average molecular weight is 285 g/mol. The van der Waals surface area contributed by atoms with E-state index in [2.05, 4.69) is 23.2 Å². The molecular weight excluding hydrogens is 270 g/mol. The Balaban J connectivity index is 1.86. The van der Waals surface area contributed by atoms with Gasteiger partial charge in [-0.25, -0.2) is 0 Å². The largest absolute Gasteiger partial charge is 0.384 e. The lowest BCUT2D eigenvalue weighted by Gasteiger charge is -2.09. The molecule has 0 saturated carbocycles. The third-order valence-corrected chi connectivity index (χ3v) is 4.04. The monoisotopic (exact) mass is 285 g/mol. The summed E-state index contributed by atoms with van der Waals surface area (Å²) in [7, 11) is 0. The van der Waals surface area contributed by atoms with Gasteiger partial charge in [0.15, 0.2) is 0 Å². The van der Waals surface area contributed by atoms with Crippen molar-refractivity contribution in [2.45, 2.75) is 6.10 Å². The Morgan fingerprint density at radius 3 is 2.27 bits per heavy atom. The van der Waals surface area contributed by atoms with Crippen LogP contribution in [0.15, 0.2) is 79.0 Å². The number of fused-ring (bicyclic) bond motifs is 3. The Labute approximate surface area is 129 Å². The van der Waals surface area contributed by atoms with E-state index in [9.17, 15) is 5.11 Å². The SMILES string of the molecule is OC(/C=C1\c2ccccc2-c2ncccc21)c1ccccc1. The zero-order valence-corrected chi connectivity index (χ0v) is 12.0. The van der Waals surface area contributed by atoms with Gasteiger partial charge in [0.2, 0.25) is 0 Å². The number of hydrogen-bond acceptors (Lipinski definition) is 2. The third-order valence-electron chi connectivity index (χ3n) is 4.04. The summed E-state index contributed by atoms with van der Waals surface area (Å²) in [6.07, 6.45) is 3.10. The zero-order valence-electron chi connectivity index (χ0n) is 12.0. The quantitative estimate of drug-likeness (QED) is 0.598. The Hall–Kier alpha value is -2.71. The maximum absolute atomic E-state index is 10.5. The molecule has 1 aromatic heterocycles. The van der Waals surface area contributed by atoms with Crippen molar-refractivity contribution in [3.05, 3.63) is 95.7 Å². The second-order valence-corrected chi connectivity index (χ2v) is 5.38. The molecular formula is C20H15NO. The van der Waals surface area contributed by atoms with Gasteiger partial charge in [0.1, 0.15) is 0 Å². The van der Waals surface area contributed by atoms with Crippen LogP contribution in [0.4, 0.5) is 0 Å². The van der Waals surface area contributed by atoms with Crippen LogP contribution in [0, 0.1) is 0 Å². The van der Waals surface area contributed by atoms with E-state index in [0.29, 0.717) is 0 Å². The molecule has 1 N–H and O–H groups in total. The van der Waals surface area contributed by atoms with Crippen molar-refractivity contribution < 1.29 is 5.11 Å². The average Bonchev–Trinajstić information content (AvgIpc) is 2.90. The number of aliphatic hydroxyl groups is 1. The molecule has 22 heavy (non-hydrogen) atoms. The fourth-order valence-electron chi connectivity index (χ4n) is 2.99. The lowest BCUT2D eigenvalue weighted by atomic mass is 10.00. The van der Waals surface area contributed by atoms with Gasteiger partial charge in [0, 0.05) is 17.3 Å². The molecule has 0 spiro atoms. The Bertz CT molecular complexity index is 805. The van der Waals surface area contributed by atoms with E-state index >= 15 is 0 Å². The van der Waals surface area contributed by atoms with Crippen LogP contribution >= 0.6 is 0 Å². The van der Waals surface area contributed by atoms with Crippen molar-refractivity contribution in [2.75, 3.05) is 0 Å². The van der Waals surface area contributed by atoms with Crippen molar-refractivity contribution in [1.29, 1.82) is 0 Å². The Kier molecular flexibility index (Phi) is 3.10. The number of benzene rings is 2. The first-order valence-electron chi connectivity index (χ1n) is 7.34. The van der Waals surface area contributed by atoms with Crippen LogP contribution in [-0.4, -0.2) is 10.1 Å². The minimum absolute atomic E-state index is 0.629. The van der Waals surface area contributed by atoms with Gasteiger partial charge in [-0.2, -0.15) is 0 Å². The number of aromatic nitrogens is 1. The Morgan fingerprint density at radius 1 is 0.773 bits per heavy atom. The van der Waals surface area contributed by atoms with Gasteiger partial charge in [-0.05, 0) is 28.8 Å². The molecule has 1 aliphatic carbocycles. The van der Waals surface area contributed by atoms with Crippen LogP contribution < -0.4 is 0 Å². The first-order chi connectivity index (χ1) is 10.8. The molecule has 1 atom stereocenters. The van der Waals surface area contributed by atoms with E-state index in [1.54, 1.807) is 0 Å². The second kappa shape index (κ2) is 5.24. The highest BCUT2D eigenvalue weighted by Crippen LogP contribution is 2.43. The minimum Gasteiger partial charge on any atom is -0.384 e. The van der Waals surface area contributed by atoms with Gasteiger partial charge >= 0.3 is 0 Å². The molecule has 0 saturated heterocycles. The summed E-state index contributed by atoms with van der Waals surface area (Å²) in [5, 5.41) is 10.5. The molecule has 2 nitrogen and oxygen atoms in total. The van der Waals surface area contributed by atoms with Crippen molar-refractivity contribution in [2.24, 2.45) is 0 Å². The van der Waals surface area contributed by atoms with E-state index in [0.717, 1.165) is 33.5 Å². The molecule has 1 unspecified atom stereocenters. The van der Waals surface area contributed by atoms with Gasteiger partial charge in [0.25, 0.3) is 0 Å². The summed E-state index contributed by atoms with van der Waals surface area (Å²) in [6.45, 7) is 0. The summed E-state index contributed by atoms with van der Waals surface area (Å²) in [5.74, 6) is 0. The van der Waals surface area contributed by atoms with Crippen LogP contribution in [-0.2, 0) is 0 Å². The molecule has 0 fully saturated rings. The van der Waals surface area contributed by atoms with Crippen LogP contribution in [0.2, 0.25) is 0 Å². The molecule has 0 bridgehead atoms. The fourth-order valence-corrected chi connectivity index (χ4v) is 2.99. The highest BCUT2D eigenvalue weighted by atomic mass is 16.3. The third kappa shape index (κ3) is 2.05. The van der Waals surface area contributed by atoms with Crippen molar-refractivity contribution in [3.63, 3.8) is 0 Å². The number of rotatable bonds is 2. The maximum Gasteiger partial charge on any atom is 0.0981 e. The highest BCUT2D eigenvalue weighted by Gasteiger charge is 2.24. The number of pyridine rings is 1. The zero-order chi connectivity index (χ0) is 14.9. The Morgan fingerprint density at radius 2 is 1.45 bits per heavy atom. The predicted octanol–water partition coefficient (Wildman–Crippen LogP) is 4.23. The molecule has 0 aliphatic heterocycles. The standard InChI is InChI=1S/C20H15NO/c22-19(14-7-2-1-3-8-14)13-18-15-9-4-5-10-16(15)20-17(18)11-6-12-21-20/h1-13,19,22H/b18-13+. The molecule has 1 aliphatic rings. The lowest BCUT2D eigenvalue weighted by molar-refractivity contribution is 0.229. The molecule has 4 rings (SSSR count). The molecule has 106 valence electrons. The van der Waals surface area contributed by atoms with Crippen LogP contribution in [0.25, 0.3) is 16.8 Å². The molecule has 3 aromatic rings. The molecule has 0 radical (unpaired) electrons. The topological polar surface area (TPSA) is 33.1 Å². The summed E-state index contributed by atoms with van der Waals surface area (Å²) >= 11 is 0. The van der Waals surface area contributed by atoms with E-state index in [-0.39, 0.29) is 0 Å². The summed E-state index contributed by atoms with van der Waals surface area (Å²) in [5.41, 5.74) is 6.28. The number of hydrogen-bond donors (Lipinski definition) is 1. The molecule has 1 heterocycles. The van der Waals surface area contributed by atoms with Gasteiger partial charge in [0.05, 0.1) is 11.8 Å². The summed E-state index contributed by atoms with van der Waals surface area (Å²) in [6, 6.07) is 21.9. The van der Waals surface area contributed by atoms with E-state index in [1.807, 2.05) is 60.8 Å². The van der Waals surface area contributed by atoms with Crippen LogP contribution in [0.1, 0.15) is 22.8 Å².